The molecule has 154 valence electrons. The molecule has 2 aromatic carbocycles. The van der Waals surface area contributed by atoms with Crippen LogP contribution in [0.15, 0.2) is 53.6 Å². The predicted molar refractivity (Wildman–Crippen MR) is 113 cm³/mol. The molecule has 8 nitrogen and oxygen atoms in total. The van der Waals surface area contributed by atoms with E-state index in [1.54, 1.807) is 42.5 Å². The molecule has 1 heterocycles. The van der Waals surface area contributed by atoms with Crippen LogP contribution in [0, 0.1) is 0 Å². The van der Waals surface area contributed by atoms with Crippen molar-refractivity contribution < 1.29 is 14.3 Å². The van der Waals surface area contributed by atoms with Crippen molar-refractivity contribution in [1.82, 2.24) is 14.9 Å². The van der Waals surface area contributed by atoms with Gasteiger partial charge in [-0.3, -0.25) is 19.0 Å². The summed E-state index contributed by atoms with van der Waals surface area (Å²) in [5, 5.41) is 6.01. The van der Waals surface area contributed by atoms with E-state index in [2.05, 4.69) is 15.6 Å². The number of fused-ring (bicyclic) bond motifs is 1. The van der Waals surface area contributed by atoms with Gasteiger partial charge in [0.1, 0.15) is 12.3 Å². The number of aromatic nitrogens is 2. The lowest BCUT2D eigenvalue weighted by molar-refractivity contribution is -0.116. The first-order valence-electron chi connectivity index (χ1n) is 9.86. The lowest BCUT2D eigenvalue weighted by atomic mass is 10.1. The smallest absolute Gasteiger partial charge is 0.261 e. The van der Waals surface area contributed by atoms with Crippen LogP contribution in [0.2, 0.25) is 0 Å². The van der Waals surface area contributed by atoms with Crippen molar-refractivity contribution in [3.63, 3.8) is 0 Å². The molecule has 0 saturated heterocycles. The van der Waals surface area contributed by atoms with Crippen LogP contribution < -0.4 is 20.9 Å². The van der Waals surface area contributed by atoms with Crippen LogP contribution in [0.5, 0.6) is 5.75 Å². The van der Waals surface area contributed by atoms with Crippen molar-refractivity contribution in [3.05, 3.63) is 64.7 Å². The normalized spacial score (nSPS) is 13.1. The first-order valence-corrected chi connectivity index (χ1v) is 9.86. The molecule has 1 aliphatic rings. The highest BCUT2D eigenvalue weighted by atomic mass is 16.5. The lowest BCUT2D eigenvalue weighted by Crippen LogP contribution is -2.28. The number of rotatable bonds is 7. The van der Waals surface area contributed by atoms with Crippen LogP contribution in [0.1, 0.15) is 30.1 Å². The third kappa shape index (κ3) is 4.48. The summed E-state index contributed by atoms with van der Waals surface area (Å²) in [5.41, 5.74) is 1.16. The Labute approximate surface area is 172 Å². The van der Waals surface area contributed by atoms with Crippen molar-refractivity contribution in [2.45, 2.75) is 32.4 Å². The topological polar surface area (TPSA) is 102 Å². The minimum atomic E-state index is -0.345. The molecule has 0 atom stereocenters. The molecule has 1 aliphatic carbocycles. The molecule has 30 heavy (non-hydrogen) atoms. The number of nitrogens with zero attached hydrogens (tertiary/aromatic N) is 2. The molecule has 0 spiro atoms. The third-order valence-electron chi connectivity index (χ3n) is 4.76. The van der Waals surface area contributed by atoms with Crippen LogP contribution in [0.3, 0.4) is 0 Å². The minimum Gasteiger partial charge on any atom is -0.494 e. The second-order valence-corrected chi connectivity index (χ2v) is 7.16. The van der Waals surface area contributed by atoms with E-state index in [-0.39, 0.29) is 30.0 Å². The summed E-state index contributed by atoms with van der Waals surface area (Å²) in [6.45, 7) is 2.30. The monoisotopic (exact) mass is 406 g/mol. The van der Waals surface area contributed by atoms with Gasteiger partial charge < -0.3 is 15.4 Å². The molecule has 1 aromatic heterocycles. The number of amides is 2. The Kier molecular flexibility index (Phi) is 5.47. The maximum Gasteiger partial charge on any atom is 0.261 e. The number of benzene rings is 2. The molecular formula is C22H22N4O4. The summed E-state index contributed by atoms with van der Waals surface area (Å²) in [4.78, 5) is 41.5. The molecule has 1 saturated carbocycles. The molecule has 2 N–H and O–H groups in total. The van der Waals surface area contributed by atoms with Crippen LogP contribution in [-0.2, 0) is 11.3 Å². The Balaban J connectivity index is 1.46. The maximum absolute atomic E-state index is 12.7. The second kappa shape index (κ2) is 8.36. The summed E-state index contributed by atoms with van der Waals surface area (Å²) >= 11 is 0. The molecule has 3 aromatic rings. The highest BCUT2D eigenvalue weighted by Crippen LogP contribution is 2.20. The fourth-order valence-electron chi connectivity index (χ4n) is 3.07. The number of nitrogens with one attached hydrogen (secondary N) is 2. The minimum absolute atomic E-state index is 0.167. The largest absolute Gasteiger partial charge is 0.494 e. The average molecular weight is 406 g/mol. The van der Waals surface area contributed by atoms with Crippen molar-refractivity contribution in [1.29, 1.82) is 0 Å². The number of carbonyl (C=O) groups excluding carboxylic acids is 2. The third-order valence-corrected chi connectivity index (χ3v) is 4.76. The zero-order valence-electron chi connectivity index (χ0n) is 16.6. The maximum atomic E-state index is 12.7. The Morgan fingerprint density at radius 3 is 2.63 bits per heavy atom. The van der Waals surface area contributed by atoms with E-state index in [0.717, 1.165) is 18.6 Å². The summed E-state index contributed by atoms with van der Waals surface area (Å²) in [6.07, 6.45) is 3.33. The van der Waals surface area contributed by atoms with Gasteiger partial charge in [-0.15, -0.1) is 0 Å². The van der Waals surface area contributed by atoms with Gasteiger partial charge in [-0.05, 0) is 62.2 Å². The highest BCUT2D eigenvalue weighted by Gasteiger charge is 2.24. The van der Waals surface area contributed by atoms with Gasteiger partial charge in [-0.25, -0.2) is 4.98 Å². The average Bonchev–Trinajstić information content (AvgIpc) is 3.55. The molecule has 0 aliphatic heterocycles. The molecule has 0 radical (unpaired) electrons. The van der Waals surface area contributed by atoms with E-state index >= 15 is 0 Å². The number of ether oxygens (including phenoxy) is 1. The lowest BCUT2D eigenvalue weighted by Gasteiger charge is -2.09. The van der Waals surface area contributed by atoms with Gasteiger partial charge in [-0.2, -0.15) is 0 Å². The highest BCUT2D eigenvalue weighted by molar-refractivity contribution is 5.98. The second-order valence-electron chi connectivity index (χ2n) is 7.16. The molecule has 0 unspecified atom stereocenters. The van der Waals surface area contributed by atoms with E-state index in [1.807, 2.05) is 6.92 Å². The Bertz CT molecular complexity index is 1150. The molecule has 2 amide bonds. The van der Waals surface area contributed by atoms with Crippen LogP contribution in [-0.4, -0.2) is 34.0 Å². The zero-order chi connectivity index (χ0) is 21.1. The predicted octanol–water partition coefficient (Wildman–Crippen LogP) is 2.33. The fourth-order valence-corrected chi connectivity index (χ4v) is 3.07. The Morgan fingerprint density at radius 2 is 1.93 bits per heavy atom. The van der Waals surface area contributed by atoms with E-state index in [4.69, 9.17) is 4.74 Å². The van der Waals surface area contributed by atoms with Gasteiger partial charge >= 0.3 is 0 Å². The fraction of sp³-hybridized carbons (Fsp3) is 0.273. The molecule has 4 rings (SSSR count). The Hall–Kier alpha value is -3.68. The van der Waals surface area contributed by atoms with Crippen molar-refractivity contribution in [2.24, 2.45) is 0 Å². The summed E-state index contributed by atoms with van der Waals surface area (Å²) in [5.74, 6) is 0.207. The van der Waals surface area contributed by atoms with Crippen molar-refractivity contribution in [3.8, 4) is 5.75 Å². The first-order chi connectivity index (χ1) is 14.5. The van der Waals surface area contributed by atoms with Crippen molar-refractivity contribution >= 4 is 28.4 Å². The Morgan fingerprint density at radius 1 is 1.17 bits per heavy atom. The van der Waals surface area contributed by atoms with Gasteiger partial charge in [0, 0.05) is 17.3 Å². The van der Waals surface area contributed by atoms with E-state index in [0.29, 0.717) is 28.8 Å². The summed E-state index contributed by atoms with van der Waals surface area (Å²) in [6, 6.07) is 12.0. The standard InChI is InChI=1S/C22H22N4O4/c1-2-30-17-8-6-15(7-9-17)24-20(27)12-26-13-23-19-11-14(3-10-18(19)22(26)29)21(28)25-16-4-5-16/h3,6-11,13,16H,2,4-5,12H2,1H3,(H,24,27)(H,25,28). The molecule has 8 heteroatoms. The SMILES string of the molecule is CCOc1ccc(NC(=O)Cn2cnc3cc(C(=O)NC4CC4)ccc3c2=O)cc1. The van der Waals surface area contributed by atoms with E-state index in [9.17, 15) is 14.4 Å². The van der Waals surface area contributed by atoms with Gasteiger partial charge in [0.25, 0.3) is 11.5 Å². The number of anilines is 1. The quantitative estimate of drug-likeness (QED) is 0.627. The van der Waals surface area contributed by atoms with E-state index < -0.39 is 0 Å². The summed E-state index contributed by atoms with van der Waals surface area (Å²) < 4.78 is 6.62. The van der Waals surface area contributed by atoms with E-state index in [1.165, 1.54) is 10.9 Å². The van der Waals surface area contributed by atoms with Crippen LogP contribution in [0.25, 0.3) is 10.9 Å². The zero-order valence-corrected chi connectivity index (χ0v) is 16.6. The van der Waals surface area contributed by atoms with Crippen molar-refractivity contribution in [2.75, 3.05) is 11.9 Å². The number of carbonyl (C=O) groups is 2. The van der Waals surface area contributed by atoms with Gasteiger partial charge in [-0.1, -0.05) is 0 Å². The van der Waals surface area contributed by atoms with Gasteiger partial charge in [0.05, 0.1) is 23.8 Å². The number of hydrogen-bond acceptors (Lipinski definition) is 5. The number of hydrogen-bond donors (Lipinski definition) is 2. The summed E-state index contributed by atoms with van der Waals surface area (Å²) in [7, 11) is 0. The van der Waals surface area contributed by atoms with Gasteiger partial charge in [0.2, 0.25) is 5.91 Å². The van der Waals surface area contributed by atoms with Crippen LogP contribution in [0.4, 0.5) is 5.69 Å². The van der Waals surface area contributed by atoms with Gasteiger partial charge in [0.15, 0.2) is 0 Å². The molecular weight excluding hydrogens is 384 g/mol. The van der Waals surface area contributed by atoms with Crippen LogP contribution >= 0.6 is 0 Å². The molecule has 1 fully saturated rings. The molecule has 0 bridgehead atoms. The first kappa shape index (κ1) is 19.6.